The number of carbonyl (C=O) groups is 1. The van der Waals surface area contributed by atoms with E-state index in [1.807, 2.05) is 25.1 Å². The second-order valence-electron chi connectivity index (χ2n) is 4.09. The van der Waals surface area contributed by atoms with E-state index in [9.17, 15) is 4.79 Å². The van der Waals surface area contributed by atoms with Crippen molar-refractivity contribution in [1.82, 2.24) is 10.1 Å². The van der Waals surface area contributed by atoms with Crippen LogP contribution in [-0.2, 0) is 11.2 Å². The quantitative estimate of drug-likeness (QED) is 0.887. The Hall–Kier alpha value is -2.37. The molecule has 1 aromatic carbocycles. The topological polar surface area (TPSA) is 85.5 Å². The lowest BCUT2D eigenvalue weighted by molar-refractivity contribution is -0.137. The number of aryl methyl sites for hydroxylation is 2. The maximum atomic E-state index is 10.5. The second-order valence-corrected chi connectivity index (χ2v) is 4.09. The summed E-state index contributed by atoms with van der Waals surface area (Å²) in [6, 6.07) is 5.56. The van der Waals surface area contributed by atoms with Gasteiger partial charge in [-0.1, -0.05) is 5.16 Å². The van der Waals surface area contributed by atoms with Gasteiger partial charge in [-0.2, -0.15) is 4.98 Å². The fourth-order valence-electron chi connectivity index (χ4n) is 1.71. The van der Waals surface area contributed by atoms with Gasteiger partial charge in [-0.25, -0.2) is 0 Å². The van der Waals surface area contributed by atoms with E-state index in [2.05, 4.69) is 10.1 Å². The highest BCUT2D eigenvalue weighted by molar-refractivity contribution is 5.66. The Kier molecular flexibility index (Phi) is 3.79. The number of aromatic nitrogens is 2. The highest BCUT2D eigenvalue weighted by atomic mass is 16.5. The molecule has 0 aliphatic carbocycles. The van der Waals surface area contributed by atoms with Crippen molar-refractivity contribution >= 4 is 5.97 Å². The average molecular weight is 262 g/mol. The van der Waals surface area contributed by atoms with Gasteiger partial charge in [-0.15, -0.1) is 0 Å². The van der Waals surface area contributed by atoms with Crippen LogP contribution in [0.3, 0.4) is 0 Å². The summed E-state index contributed by atoms with van der Waals surface area (Å²) in [5.74, 6) is 0.676. The van der Waals surface area contributed by atoms with E-state index in [1.54, 1.807) is 7.11 Å². The van der Waals surface area contributed by atoms with Crippen molar-refractivity contribution in [3.05, 3.63) is 29.7 Å². The Morgan fingerprint density at radius 1 is 1.47 bits per heavy atom. The van der Waals surface area contributed by atoms with Crippen molar-refractivity contribution in [2.75, 3.05) is 7.11 Å². The molecule has 1 aromatic heterocycles. The first-order chi connectivity index (χ1) is 9.10. The normalized spacial score (nSPS) is 10.4. The maximum absolute atomic E-state index is 10.5. The summed E-state index contributed by atoms with van der Waals surface area (Å²) in [5, 5.41) is 12.4. The van der Waals surface area contributed by atoms with Gasteiger partial charge in [0.2, 0.25) is 11.7 Å². The minimum atomic E-state index is -0.889. The van der Waals surface area contributed by atoms with Gasteiger partial charge in [0.05, 0.1) is 13.5 Å². The van der Waals surface area contributed by atoms with Crippen molar-refractivity contribution in [3.8, 4) is 17.1 Å². The van der Waals surface area contributed by atoms with Crippen LogP contribution in [0.2, 0.25) is 0 Å². The van der Waals surface area contributed by atoms with E-state index >= 15 is 0 Å². The van der Waals surface area contributed by atoms with Gasteiger partial charge in [0.25, 0.3) is 0 Å². The van der Waals surface area contributed by atoms with Crippen LogP contribution in [0.15, 0.2) is 22.7 Å². The molecule has 0 aliphatic rings. The lowest BCUT2D eigenvalue weighted by Gasteiger charge is -2.04. The van der Waals surface area contributed by atoms with Gasteiger partial charge >= 0.3 is 5.97 Å². The number of ether oxygens (including phenoxy) is 1. The fraction of sp³-hybridized carbons (Fsp3) is 0.308. The van der Waals surface area contributed by atoms with Crippen molar-refractivity contribution < 1.29 is 19.2 Å². The molecule has 0 aliphatic heterocycles. The number of aliphatic carboxylic acids is 1. The van der Waals surface area contributed by atoms with Crippen molar-refractivity contribution in [1.29, 1.82) is 0 Å². The molecule has 2 aromatic rings. The van der Waals surface area contributed by atoms with Crippen LogP contribution in [0.5, 0.6) is 5.75 Å². The predicted molar refractivity (Wildman–Crippen MR) is 67.0 cm³/mol. The standard InChI is InChI=1S/C13H14N2O4/c1-8-7-9(3-4-10(8)18-2)13-14-11(19-15-13)5-6-12(16)17/h3-4,7H,5-6H2,1-2H3,(H,16,17). The fourth-order valence-corrected chi connectivity index (χ4v) is 1.71. The van der Waals surface area contributed by atoms with Crippen LogP contribution in [0, 0.1) is 6.92 Å². The number of benzene rings is 1. The van der Waals surface area contributed by atoms with E-state index in [0.29, 0.717) is 11.7 Å². The van der Waals surface area contributed by atoms with Gasteiger partial charge in [0, 0.05) is 12.0 Å². The average Bonchev–Trinajstić information content (AvgIpc) is 2.85. The first kappa shape index (κ1) is 13.1. The van der Waals surface area contributed by atoms with Crippen LogP contribution >= 0.6 is 0 Å². The minimum absolute atomic E-state index is 0.0245. The van der Waals surface area contributed by atoms with Crippen LogP contribution in [0.4, 0.5) is 0 Å². The zero-order valence-corrected chi connectivity index (χ0v) is 10.7. The molecule has 0 saturated heterocycles. The smallest absolute Gasteiger partial charge is 0.303 e. The zero-order chi connectivity index (χ0) is 13.8. The van der Waals surface area contributed by atoms with E-state index in [0.717, 1.165) is 16.9 Å². The van der Waals surface area contributed by atoms with Gasteiger partial charge in [-0.3, -0.25) is 4.79 Å². The minimum Gasteiger partial charge on any atom is -0.496 e. The molecule has 1 N–H and O–H groups in total. The third-order valence-corrected chi connectivity index (χ3v) is 2.67. The van der Waals surface area contributed by atoms with E-state index in [1.165, 1.54) is 0 Å². The third kappa shape index (κ3) is 3.09. The molecule has 0 bridgehead atoms. The van der Waals surface area contributed by atoms with Gasteiger partial charge in [0.1, 0.15) is 5.75 Å². The first-order valence-corrected chi connectivity index (χ1v) is 5.79. The van der Waals surface area contributed by atoms with Crippen LogP contribution in [-0.4, -0.2) is 28.3 Å². The molecule has 0 saturated carbocycles. The molecule has 1 heterocycles. The number of carboxylic acid groups (broad SMARTS) is 1. The zero-order valence-electron chi connectivity index (χ0n) is 10.7. The molecule has 0 fully saturated rings. The van der Waals surface area contributed by atoms with Crippen molar-refractivity contribution in [2.45, 2.75) is 19.8 Å². The highest BCUT2D eigenvalue weighted by Gasteiger charge is 2.11. The molecule has 19 heavy (non-hydrogen) atoms. The lowest BCUT2D eigenvalue weighted by atomic mass is 10.1. The number of carboxylic acids is 1. The van der Waals surface area contributed by atoms with Crippen molar-refractivity contribution in [2.24, 2.45) is 0 Å². The van der Waals surface area contributed by atoms with Gasteiger partial charge in [0.15, 0.2) is 0 Å². The first-order valence-electron chi connectivity index (χ1n) is 5.79. The molecule has 0 amide bonds. The Balaban J connectivity index is 2.18. The predicted octanol–water partition coefficient (Wildman–Crippen LogP) is 2.07. The van der Waals surface area contributed by atoms with E-state index in [-0.39, 0.29) is 12.8 Å². The largest absolute Gasteiger partial charge is 0.496 e. The van der Waals surface area contributed by atoms with Gasteiger partial charge < -0.3 is 14.4 Å². The summed E-state index contributed by atoms with van der Waals surface area (Å²) < 4.78 is 10.2. The maximum Gasteiger partial charge on any atom is 0.303 e. The summed E-state index contributed by atoms with van der Waals surface area (Å²) in [5.41, 5.74) is 1.78. The Morgan fingerprint density at radius 2 is 2.26 bits per heavy atom. The molecule has 0 atom stereocenters. The molecule has 6 nitrogen and oxygen atoms in total. The van der Waals surface area contributed by atoms with Crippen molar-refractivity contribution in [3.63, 3.8) is 0 Å². The molecular weight excluding hydrogens is 248 g/mol. The van der Waals surface area contributed by atoms with Crippen LogP contribution < -0.4 is 4.74 Å². The van der Waals surface area contributed by atoms with E-state index in [4.69, 9.17) is 14.4 Å². The summed E-state index contributed by atoms with van der Waals surface area (Å²) in [6.45, 7) is 1.92. The molecule has 6 heteroatoms. The number of rotatable bonds is 5. The monoisotopic (exact) mass is 262 g/mol. The van der Waals surface area contributed by atoms with Crippen LogP contribution in [0.25, 0.3) is 11.4 Å². The molecule has 0 unspecified atom stereocenters. The van der Waals surface area contributed by atoms with Gasteiger partial charge in [-0.05, 0) is 30.7 Å². The third-order valence-electron chi connectivity index (χ3n) is 2.67. The molecule has 0 radical (unpaired) electrons. The summed E-state index contributed by atoms with van der Waals surface area (Å²) >= 11 is 0. The summed E-state index contributed by atoms with van der Waals surface area (Å²) in [7, 11) is 1.61. The van der Waals surface area contributed by atoms with Crippen LogP contribution in [0.1, 0.15) is 17.9 Å². The highest BCUT2D eigenvalue weighted by Crippen LogP contribution is 2.24. The number of hydrogen-bond acceptors (Lipinski definition) is 5. The Morgan fingerprint density at radius 3 is 2.89 bits per heavy atom. The molecule has 100 valence electrons. The number of hydrogen-bond donors (Lipinski definition) is 1. The number of methoxy groups -OCH3 is 1. The molecule has 2 rings (SSSR count). The molecular formula is C13H14N2O4. The Bertz CT molecular complexity index is 592. The second kappa shape index (κ2) is 5.51. The lowest BCUT2D eigenvalue weighted by Crippen LogP contribution is -1.97. The number of nitrogens with zero attached hydrogens (tertiary/aromatic N) is 2. The molecule has 0 spiro atoms. The SMILES string of the molecule is COc1ccc(-c2noc(CCC(=O)O)n2)cc1C. The summed E-state index contributed by atoms with van der Waals surface area (Å²) in [4.78, 5) is 14.6. The van der Waals surface area contributed by atoms with E-state index < -0.39 is 5.97 Å². The Labute approximate surface area is 110 Å². The summed E-state index contributed by atoms with van der Waals surface area (Å²) in [6.07, 6.45) is 0.209.